The van der Waals surface area contributed by atoms with Gasteiger partial charge in [-0.2, -0.15) is 4.98 Å². The zero-order chi connectivity index (χ0) is 25.3. The van der Waals surface area contributed by atoms with Crippen LogP contribution in [0.2, 0.25) is 0 Å². The summed E-state index contributed by atoms with van der Waals surface area (Å²) in [5.74, 6) is 0.434. The maximum atomic E-state index is 12.2. The van der Waals surface area contributed by atoms with Crippen molar-refractivity contribution in [2.75, 3.05) is 34.3 Å². The molecule has 0 unspecified atom stereocenters. The van der Waals surface area contributed by atoms with Gasteiger partial charge in [0.25, 0.3) is 0 Å². The first-order valence-corrected chi connectivity index (χ1v) is 13.4. The van der Waals surface area contributed by atoms with Gasteiger partial charge in [-0.15, -0.1) is 0 Å². The number of para-hydroxylation sites is 1. The number of hydrogen-bond donors (Lipinski definition) is 3. The highest BCUT2D eigenvalue weighted by Gasteiger charge is 2.23. The number of rotatable bonds is 8. The van der Waals surface area contributed by atoms with Crippen molar-refractivity contribution < 1.29 is 18.3 Å². The molecular weight excluding hydrogens is 480 g/mol. The van der Waals surface area contributed by atoms with E-state index in [0.717, 1.165) is 34.1 Å². The van der Waals surface area contributed by atoms with Crippen molar-refractivity contribution >= 4 is 50.0 Å². The van der Waals surface area contributed by atoms with Crippen LogP contribution in [-0.4, -0.2) is 53.4 Å². The van der Waals surface area contributed by atoms with Gasteiger partial charge in [-0.05, 0) is 47.9 Å². The molecule has 1 aliphatic rings. The second-order valence-corrected chi connectivity index (χ2v) is 10.4. The Morgan fingerprint density at radius 3 is 2.75 bits per heavy atom. The monoisotopic (exact) mass is 506 g/mol. The van der Waals surface area contributed by atoms with Crippen LogP contribution in [0, 0.1) is 0 Å². The van der Waals surface area contributed by atoms with E-state index in [4.69, 9.17) is 4.98 Å². The smallest absolute Gasteiger partial charge is 0.229 e. The zero-order valence-corrected chi connectivity index (χ0v) is 20.5. The maximum absolute atomic E-state index is 12.2. The molecule has 2 aromatic carbocycles. The van der Waals surface area contributed by atoms with Crippen LogP contribution in [0.1, 0.15) is 17.5 Å². The summed E-state index contributed by atoms with van der Waals surface area (Å²) >= 11 is 0. The van der Waals surface area contributed by atoms with Crippen LogP contribution in [0.5, 0.6) is 0 Å². The topological polar surface area (TPSA) is 129 Å². The SMILES string of the molecule is CS(=O)(=O)Nc1ccccc1Cn1ccc2cnc(Nc3ccc4c(c3)CCC(=O)N4CCO)nc21. The number of aromatic nitrogens is 3. The molecule has 0 aliphatic carbocycles. The molecule has 1 amide bonds. The lowest BCUT2D eigenvalue weighted by atomic mass is 10.0. The second-order valence-electron chi connectivity index (χ2n) is 8.69. The molecule has 0 bridgehead atoms. The third-order valence-corrected chi connectivity index (χ3v) is 6.61. The van der Waals surface area contributed by atoms with Crippen molar-refractivity contribution in [2.24, 2.45) is 0 Å². The van der Waals surface area contributed by atoms with Crippen molar-refractivity contribution in [3.05, 3.63) is 72.1 Å². The molecule has 0 radical (unpaired) electrons. The molecule has 1 aliphatic heterocycles. The van der Waals surface area contributed by atoms with Gasteiger partial charge in [0.2, 0.25) is 21.9 Å². The summed E-state index contributed by atoms with van der Waals surface area (Å²) < 4.78 is 28.0. The van der Waals surface area contributed by atoms with E-state index in [1.165, 1.54) is 0 Å². The number of hydrogen-bond acceptors (Lipinski definition) is 7. The Labute approximate surface area is 208 Å². The number of amides is 1. The number of benzene rings is 2. The molecule has 2 aromatic heterocycles. The molecule has 186 valence electrons. The van der Waals surface area contributed by atoms with E-state index < -0.39 is 10.0 Å². The number of carbonyl (C=O) groups is 1. The fraction of sp³-hybridized carbons (Fsp3) is 0.240. The molecule has 3 N–H and O–H groups in total. The molecule has 4 aromatic rings. The van der Waals surface area contributed by atoms with E-state index in [1.54, 1.807) is 23.2 Å². The predicted molar refractivity (Wildman–Crippen MR) is 139 cm³/mol. The van der Waals surface area contributed by atoms with E-state index >= 15 is 0 Å². The Bertz CT molecular complexity index is 1550. The second kappa shape index (κ2) is 9.59. The third-order valence-electron chi connectivity index (χ3n) is 6.01. The lowest BCUT2D eigenvalue weighted by molar-refractivity contribution is -0.119. The molecule has 3 heterocycles. The maximum Gasteiger partial charge on any atom is 0.229 e. The Hall–Kier alpha value is -3.96. The largest absolute Gasteiger partial charge is 0.395 e. The average molecular weight is 507 g/mol. The molecule has 10 nitrogen and oxygen atoms in total. The summed E-state index contributed by atoms with van der Waals surface area (Å²) in [5, 5.41) is 13.4. The Morgan fingerprint density at radius 1 is 1.11 bits per heavy atom. The first-order valence-electron chi connectivity index (χ1n) is 11.5. The number of aryl methyl sites for hydroxylation is 1. The van der Waals surface area contributed by atoms with Gasteiger partial charge in [0.1, 0.15) is 5.65 Å². The van der Waals surface area contributed by atoms with E-state index in [9.17, 15) is 18.3 Å². The van der Waals surface area contributed by atoms with Crippen LogP contribution in [-0.2, 0) is 27.8 Å². The molecule has 11 heteroatoms. The first-order chi connectivity index (χ1) is 17.3. The number of aliphatic hydroxyl groups is 1. The molecular formula is C25H26N6O4S. The number of β-amino-alcohol motifs (C(OH)–C–C–N with tert-alkyl or cyclic N) is 1. The summed E-state index contributed by atoms with van der Waals surface area (Å²) in [4.78, 5) is 23.0. The van der Waals surface area contributed by atoms with Crippen LogP contribution in [0.4, 0.5) is 23.0 Å². The van der Waals surface area contributed by atoms with Crippen LogP contribution in [0.25, 0.3) is 11.0 Å². The molecule has 0 saturated carbocycles. The molecule has 0 fully saturated rings. The summed E-state index contributed by atoms with van der Waals surface area (Å²) in [5.41, 5.74) is 4.68. The number of carbonyl (C=O) groups excluding carboxylic acids is 1. The average Bonchev–Trinajstić information content (AvgIpc) is 3.23. The van der Waals surface area contributed by atoms with E-state index in [1.807, 2.05) is 47.2 Å². The van der Waals surface area contributed by atoms with Crippen molar-refractivity contribution in [3.8, 4) is 0 Å². The number of fused-ring (bicyclic) bond motifs is 2. The number of nitrogens with zero attached hydrogens (tertiary/aromatic N) is 4. The Kier molecular flexibility index (Phi) is 6.33. The summed E-state index contributed by atoms with van der Waals surface area (Å²) in [7, 11) is -3.41. The normalized spacial score (nSPS) is 13.6. The van der Waals surface area contributed by atoms with Crippen LogP contribution >= 0.6 is 0 Å². The molecule has 0 atom stereocenters. The van der Waals surface area contributed by atoms with Crippen molar-refractivity contribution in [1.82, 2.24) is 14.5 Å². The fourth-order valence-corrected chi connectivity index (χ4v) is 5.01. The Balaban J connectivity index is 1.41. The van der Waals surface area contributed by atoms with Crippen molar-refractivity contribution in [1.29, 1.82) is 0 Å². The van der Waals surface area contributed by atoms with Crippen LogP contribution < -0.4 is 14.9 Å². The van der Waals surface area contributed by atoms with Crippen LogP contribution in [0.3, 0.4) is 0 Å². The minimum Gasteiger partial charge on any atom is -0.395 e. The van der Waals surface area contributed by atoms with E-state index in [-0.39, 0.29) is 19.1 Å². The number of nitrogens with one attached hydrogen (secondary N) is 2. The van der Waals surface area contributed by atoms with Crippen LogP contribution in [0.15, 0.2) is 60.9 Å². The molecule has 36 heavy (non-hydrogen) atoms. The minimum atomic E-state index is -3.41. The first kappa shape index (κ1) is 23.8. The van der Waals surface area contributed by atoms with Gasteiger partial charge in [-0.3, -0.25) is 9.52 Å². The van der Waals surface area contributed by atoms with Gasteiger partial charge in [0.15, 0.2) is 0 Å². The van der Waals surface area contributed by atoms with Gasteiger partial charge >= 0.3 is 0 Å². The highest BCUT2D eigenvalue weighted by Crippen LogP contribution is 2.31. The van der Waals surface area contributed by atoms with E-state index in [0.29, 0.717) is 36.7 Å². The third kappa shape index (κ3) is 5.02. The van der Waals surface area contributed by atoms with Gasteiger partial charge in [0, 0.05) is 42.1 Å². The number of sulfonamides is 1. The van der Waals surface area contributed by atoms with E-state index in [2.05, 4.69) is 15.0 Å². The van der Waals surface area contributed by atoms with Gasteiger partial charge in [-0.1, -0.05) is 18.2 Å². The molecule has 0 saturated heterocycles. The lowest BCUT2D eigenvalue weighted by Gasteiger charge is -2.29. The summed E-state index contributed by atoms with van der Waals surface area (Å²) in [6.07, 6.45) is 5.80. The lowest BCUT2D eigenvalue weighted by Crippen LogP contribution is -2.37. The summed E-state index contributed by atoms with van der Waals surface area (Å²) in [6, 6.07) is 14.9. The number of anilines is 4. The summed E-state index contributed by atoms with van der Waals surface area (Å²) in [6.45, 7) is 0.609. The quantitative estimate of drug-likeness (QED) is 0.335. The van der Waals surface area contributed by atoms with Crippen molar-refractivity contribution in [2.45, 2.75) is 19.4 Å². The Morgan fingerprint density at radius 2 is 1.94 bits per heavy atom. The number of aliphatic hydroxyl groups excluding tert-OH is 1. The van der Waals surface area contributed by atoms with Crippen molar-refractivity contribution in [3.63, 3.8) is 0 Å². The predicted octanol–water partition coefficient (Wildman–Crippen LogP) is 2.87. The molecule has 5 rings (SSSR count). The zero-order valence-electron chi connectivity index (χ0n) is 19.7. The fourth-order valence-electron chi connectivity index (χ4n) is 4.41. The van der Waals surface area contributed by atoms with Gasteiger partial charge in [0.05, 0.1) is 25.1 Å². The highest BCUT2D eigenvalue weighted by atomic mass is 32.2. The van der Waals surface area contributed by atoms with Gasteiger partial charge < -0.3 is 19.9 Å². The molecule has 0 spiro atoms. The highest BCUT2D eigenvalue weighted by molar-refractivity contribution is 7.92. The van der Waals surface area contributed by atoms with Gasteiger partial charge in [-0.25, -0.2) is 13.4 Å². The standard InChI is InChI=1S/C25H26N6O4S/c1-36(34,35)29-21-5-3-2-4-19(21)16-30-11-10-18-15-26-25(28-24(18)30)27-20-7-8-22-17(14-20)6-9-23(33)31(22)12-13-32/h2-5,7-8,10-11,14-15,29,32H,6,9,12-13,16H2,1H3,(H,26,27,28). The minimum absolute atomic E-state index is 0.0140.